The fourth-order valence-electron chi connectivity index (χ4n) is 3.97. The predicted octanol–water partition coefficient (Wildman–Crippen LogP) is 3.03. The summed E-state index contributed by atoms with van der Waals surface area (Å²) in [5.74, 6) is 1.00. The molecule has 24 heavy (non-hydrogen) atoms. The van der Waals surface area contributed by atoms with Gasteiger partial charge in [-0.2, -0.15) is 0 Å². The number of hydrogen-bond donors (Lipinski definition) is 1. The number of hydrogen-bond acceptors (Lipinski definition) is 4. The molecular weight excluding hydrogens is 300 g/mol. The zero-order valence-electron chi connectivity index (χ0n) is 15.3. The normalized spacial score (nSPS) is 26.5. The van der Waals surface area contributed by atoms with E-state index in [4.69, 9.17) is 4.74 Å². The summed E-state index contributed by atoms with van der Waals surface area (Å²) in [6, 6.07) is 6.63. The maximum atomic E-state index is 10.3. The van der Waals surface area contributed by atoms with E-state index >= 15 is 0 Å². The van der Waals surface area contributed by atoms with Crippen molar-refractivity contribution >= 4 is 0 Å². The second-order valence-electron chi connectivity index (χ2n) is 7.76. The SMILES string of the molecule is COc1ccc(CN2CCC[C@@](C)(O)CC2)cc1CN1CCCC1. The number of methoxy groups -OCH3 is 1. The summed E-state index contributed by atoms with van der Waals surface area (Å²) in [6.45, 7) is 8.38. The van der Waals surface area contributed by atoms with E-state index in [1.54, 1.807) is 7.11 Å². The molecule has 0 aromatic heterocycles. The van der Waals surface area contributed by atoms with Crippen molar-refractivity contribution < 1.29 is 9.84 Å². The molecule has 2 saturated heterocycles. The lowest BCUT2D eigenvalue weighted by molar-refractivity contribution is 0.0444. The Kier molecular flexibility index (Phi) is 5.80. The number of rotatable bonds is 5. The summed E-state index contributed by atoms with van der Waals surface area (Å²) in [5.41, 5.74) is 2.17. The van der Waals surface area contributed by atoms with Crippen LogP contribution in [-0.2, 0) is 13.1 Å². The molecule has 0 unspecified atom stereocenters. The number of likely N-dealkylation sites (tertiary alicyclic amines) is 2. The van der Waals surface area contributed by atoms with Gasteiger partial charge in [0.2, 0.25) is 0 Å². The van der Waals surface area contributed by atoms with Crippen LogP contribution in [0.4, 0.5) is 0 Å². The summed E-state index contributed by atoms with van der Waals surface area (Å²) in [4.78, 5) is 4.99. The van der Waals surface area contributed by atoms with Crippen LogP contribution in [0.2, 0.25) is 0 Å². The lowest BCUT2D eigenvalue weighted by Crippen LogP contribution is -2.28. The van der Waals surface area contributed by atoms with Gasteiger partial charge in [-0.05, 0) is 76.4 Å². The molecule has 0 spiro atoms. The molecule has 0 radical (unpaired) electrons. The van der Waals surface area contributed by atoms with Gasteiger partial charge in [-0.1, -0.05) is 6.07 Å². The van der Waals surface area contributed by atoms with Gasteiger partial charge in [0.15, 0.2) is 0 Å². The van der Waals surface area contributed by atoms with Gasteiger partial charge in [-0.15, -0.1) is 0 Å². The molecular formula is C20H32N2O2. The standard InChI is InChI=1S/C20H32N2O2/c1-20(23)8-5-12-22(13-9-20)15-17-6-7-19(24-2)18(14-17)16-21-10-3-4-11-21/h6-7,14,23H,3-5,8-13,15-16H2,1-2H3/t20-/m1/s1. The first-order valence-electron chi connectivity index (χ1n) is 9.39. The third-order valence-electron chi connectivity index (χ3n) is 5.50. The molecule has 2 fully saturated rings. The minimum atomic E-state index is -0.491. The molecule has 134 valence electrons. The van der Waals surface area contributed by atoms with Gasteiger partial charge in [-0.3, -0.25) is 9.80 Å². The maximum absolute atomic E-state index is 10.3. The van der Waals surface area contributed by atoms with Gasteiger partial charge in [-0.25, -0.2) is 0 Å². The number of aliphatic hydroxyl groups is 1. The zero-order chi connectivity index (χ0) is 17.0. The molecule has 0 bridgehead atoms. The topological polar surface area (TPSA) is 35.9 Å². The Morgan fingerprint density at radius 3 is 2.46 bits per heavy atom. The van der Waals surface area contributed by atoms with Crippen LogP contribution < -0.4 is 4.74 Å². The molecule has 0 amide bonds. The first kappa shape index (κ1) is 17.7. The van der Waals surface area contributed by atoms with Crippen LogP contribution in [0.3, 0.4) is 0 Å². The van der Waals surface area contributed by atoms with E-state index in [1.807, 2.05) is 6.92 Å². The van der Waals surface area contributed by atoms with Gasteiger partial charge in [0, 0.05) is 25.2 Å². The molecule has 0 saturated carbocycles. The number of nitrogens with zero attached hydrogens (tertiary/aromatic N) is 2. The van der Waals surface area contributed by atoms with Crippen LogP contribution >= 0.6 is 0 Å². The molecule has 2 aliphatic rings. The van der Waals surface area contributed by atoms with E-state index in [0.717, 1.165) is 51.2 Å². The summed E-state index contributed by atoms with van der Waals surface area (Å²) in [7, 11) is 1.76. The lowest BCUT2D eigenvalue weighted by atomic mass is 9.98. The van der Waals surface area contributed by atoms with Crippen molar-refractivity contribution in [3.8, 4) is 5.75 Å². The minimum Gasteiger partial charge on any atom is -0.496 e. The Bertz CT molecular complexity index is 538. The molecule has 2 aliphatic heterocycles. The zero-order valence-corrected chi connectivity index (χ0v) is 15.3. The highest BCUT2D eigenvalue weighted by Gasteiger charge is 2.25. The molecule has 1 atom stereocenters. The summed E-state index contributed by atoms with van der Waals surface area (Å²) < 4.78 is 5.57. The average molecular weight is 332 g/mol. The summed E-state index contributed by atoms with van der Waals surface area (Å²) in [5, 5.41) is 10.3. The van der Waals surface area contributed by atoms with E-state index < -0.39 is 5.60 Å². The van der Waals surface area contributed by atoms with E-state index in [2.05, 4.69) is 28.0 Å². The van der Waals surface area contributed by atoms with Crippen LogP contribution in [0, 0.1) is 0 Å². The van der Waals surface area contributed by atoms with Crippen LogP contribution in [0.25, 0.3) is 0 Å². The fourth-order valence-corrected chi connectivity index (χ4v) is 3.97. The van der Waals surface area contributed by atoms with Crippen molar-refractivity contribution in [1.29, 1.82) is 0 Å². The Labute approximate surface area is 146 Å². The fraction of sp³-hybridized carbons (Fsp3) is 0.700. The first-order valence-corrected chi connectivity index (χ1v) is 9.39. The highest BCUT2D eigenvalue weighted by atomic mass is 16.5. The second-order valence-corrected chi connectivity index (χ2v) is 7.76. The minimum absolute atomic E-state index is 0.491. The van der Waals surface area contributed by atoms with Crippen molar-refractivity contribution in [2.75, 3.05) is 33.3 Å². The van der Waals surface area contributed by atoms with Crippen molar-refractivity contribution in [3.05, 3.63) is 29.3 Å². The first-order chi connectivity index (χ1) is 11.6. The quantitative estimate of drug-likeness (QED) is 0.899. The summed E-state index contributed by atoms with van der Waals surface area (Å²) in [6.07, 6.45) is 5.48. The van der Waals surface area contributed by atoms with Crippen molar-refractivity contribution in [3.63, 3.8) is 0 Å². The Morgan fingerprint density at radius 1 is 1.00 bits per heavy atom. The van der Waals surface area contributed by atoms with Crippen molar-refractivity contribution in [2.45, 2.75) is 57.7 Å². The van der Waals surface area contributed by atoms with Gasteiger partial charge in [0.25, 0.3) is 0 Å². The van der Waals surface area contributed by atoms with E-state index in [1.165, 1.54) is 37.1 Å². The molecule has 1 aromatic rings. The van der Waals surface area contributed by atoms with Gasteiger partial charge in [0.05, 0.1) is 12.7 Å². The van der Waals surface area contributed by atoms with E-state index in [-0.39, 0.29) is 0 Å². The number of benzene rings is 1. The van der Waals surface area contributed by atoms with Crippen LogP contribution in [0.5, 0.6) is 5.75 Å². The highest BCUT2D eigenvalue weighted by molar-refractivity contribution is 5.37. The largest absolute Gasteiger partial charge is 0.496 e. The maximum Gasteiger partial charge on any atom is 0.123 e. The summed E-state index contributed by atoms with van der Waals surface area (Å²) >= 11 is 0. The predicted molar refractivity (Wildman–Crippen MR) is 97.3 cm³/mol. The van der Waals surface area contributed by atoms with Gasteiger partial charge in [0.1, 0.15) is 5.75 Å². The van der Waals surface area contributed by atoms with Crippen LogP contribution in [-0.4, -0.2) is 53.8 Å². The smallest absolute Gasteiger partial charge is 0.123 e. The Hall–Kier alpha value is -1.10. The van der Waals surface area contributed by atoms with Gasteiger partial charge >= 0.3 is 0 Å². The Morgan fingerprint density at radius 2 is 1.71 bits per heavy atom. The highest BCUT2D eigenvalue weighted by Crippen LogP contribution is 2.26. The van der Waals surface area contributed by atoms with Crippen LogP contribution in [0.15, 0.2) is 18.2 Å². The molecule has 0 aliphatic carbocycles. The number of ether oxygens (including phenoxy) is 1. The monoisotopic (exact) mass is 332 g/mol. The Balaban J connectivity index is 1.66. The molecule has 2 heterocycles. The average Bonchev–Trinajstić information content (AvgIpc) is 2.99. The van der Waals surface area contributed by atoms with Gasteiger partial charge < -0.3 is 9.84 Å². The van der Waals surface area contributed by atoms with E-state index in [9.17, 15) is 5.11 Å². The molecule has 4 heteroatoms. The molecule has 4 nitrogen and oxygen atoms in total. The van der Waals surface area contributed by atoms with Crippen molar-refractivity contribution in [1.82, 2.24) is 9.80 Å². The molecule has 3 rings (SSSR count). The molecule has 1 N–H and O–H groups in total. The van der Waals surface area contributed by atoms with E-state index in [0.29, 0.717) is 0 Å². The third-order valence-corrected chi connectivity index (χ3v) is 5.50. The lowest BCUT2D eigenvalue weighted by Gasteiger charge is -2.23. The van der Waals surface area contributed by atoms with Crippen LogP contribution in [0.1, 0.15) is 50.2 Å². The van der Waals surface area contributed by atoms with Crippen molar-refractivity contribution in [2.24, 2.45) is 0 Å². The molecule has 1 aromatic carbocycles. The second kappa shape index (κ2) is 7.85. The third kappa shape index (κ3) is 4.71.